The Balaban J connectivity index is 3.25. The second-order valence-corrected chi connectivity index (χ2v) is 3.69. The summed E-state index contributed by atoms with van der Waals surface area (Å²) in [6.45, 7) is 3.36. The molecular formula is C12H10F6. The van der Waals surface area contributed by atoms with Gasteiger partial charge in [0.2, 0.25) is 0 Å². The molecule has 0 bridgehead atoms. The lowest BCUT2D eigenvalue weighted by molar-refractivity contribution is -0.143. The van der Waals surface area contributed by atoms with Crippen molar-refractivity contribution in [3.63, 3.8) is 0 Å². The molecule has 0 amide bonds. The quantitative estimate of drug-likeness (QED) is 0.543. The molecule has 0 saturated carbocycles. The Bertz CT molecular complexity index is 427. The van der Waals surface area contributed by atoms with Gasteiger partial charge in [0, 0.05) is 0 Å². The van der Waals surface area contributed by atoms with Gasteiger partial charge in [-0.3, -0.25) is 0 Å². The van der Waals surface area contributed by atoms with Crippen molar-refractivity contribution < 1.29 is 26.3 Å². The molecule has 0 aromatic heterocycles. The maximum Gasteiger partial charge on any atom is 0.416 e. The van der Waals surface area contributed by atoms with Crippen LogP contribution in [0.5, 0.6) is 0 Å². The van der Waals surface area contributed by atoms with Crippen LogP contribution >= 0.6 is 0 Å². The number of benzene rings is 1. The van der Waals surface area contributed by atoms with Crippen molar-refractivity contribution in [2.45, 2.75) is 25.2 Å². The molecule has 100 valence electrons. The van der Waals surface area contributed by atoms with E-state index in [0.29, 0.717) is 6.07 Å². The lowest BCUT2D eigenvalue weighted by Crippen LogP contribution is -2.13. The molecule has 6 heteroatoms. The number of hydrogen-bond donors (Lipinski definition) is 0. The van der Waals surface area contributed by atoms with Crippen LogP contribution in [-0.4, -0.2) is 0 Å². The van der Waals surface area contributed by atoms with Gasteiger partial charge in [0.05, 0.1) is 11.1 Å². The highest BCUT2D eigenvalue weighted by atomic mass is 19.4. The monoisotopic (exact) mass is 268 g/mol. The van der Waals surface area contributed by atoms with Crippen LogP contribution in [0.1, 0.15) is 23.1 Å². The van der Waals surface area contributed by atoms with E-state index in [9.17, 15) is 26.3 Å². The smallest absolute Gasteiger partial charge is 0.166 e. The summed E-state index contributed by atoms with van der Waals surface area (Å²) in [6.07, 6.45) is -7.88. The first-order valence-corrected chi connectivity index (χ1v) is 5.04. The molecule has 0 atom stereocenters. The number of aryl methyl sites for hydroxylation is 1. The zero-order valence-electron chi connectivity index (χ0n) is 9.20. The molecule has 0 heterocycles. The summed E-state index contributed by atoms with van der Waals surface area (Å²) in [4.78, 5) is 0. The van der Waals surface area contributed by atoms with E-state index in [1.807, 2.05) is 0 Å². The second-order valence-electron chi connectivity index (χ2n) is 3.69. The lowest BCUT2D eigenvalue weighted by Gasteiger charge is -2.15. The van der Waals surface area contributed by atoms with E-state index >= 15 is 0 Å². The first-order valence-electron chi connectivity index (χ1n) is 5.04. The van der Waals surface area contributed by atoms with Crippen molar-refractivity contribution in [1.29, 1.82) is 0 Å². The van der Waals surface area contributed by atoms with Crippen LogP contribution in [0.25, 0.3) is 0 Å². The van der Waals surface area contributed by atoms with E-state index in [1.165, 1.54) is 6.08 Å². The van der Waals surface area contributed by atoms with Crippen LogP contribution in [-0.2, 0) is 18.8 Å². The van der Waals surface area contributed by atoms with Gasteiger partial charge >= 0.3 is 12.4 Å². The number of halogens is 6. The van der Waals surface area contributed by atoms with Crippen LogP contribution in [0, 0.1) is 0 Å². The van der Waals surface area contributed by atoms with Crippen molar-refractivity contribution in [2.75, 3.05) is 0 Å². The Hall–Kier alpha value is -1.46. The third-order valence-electron chi connectivity index (χ3n) is 2.36. The Morgan fingerprint density at radius 2 is 1.61 bits per heavy atom. The average molecular weight is 268 g/mol. The molecule has 0 unspecified atom stereocenters. The highest BCUT2D eigenvalue weighted by molar-refractivity contribution is 5.35. The number of hydrogen-bond acceptors (Lipinski definition) is 0. The van der Waals surface area contributed by atoms with Gasteiger partial charge in [-0.05, 0) is 30.5 Å². The normalized spacial score (nSPS) is 12.6. The van der Waals surface area contributed by atoms with Gasteiger partial charge in [0.25, 0.3) is 0 Å². The minimum Gasteiger partial charge on any atom is -0.166 e. The second kappa shape index (κ2) is 5.04. The SMILES string of the molecule is C=CCCc1ccc(C(F)(F)F)cc1C(F)(F)F. The highest BCUT2D eigenvalue weighted by Gasteiger charge is 2.37. The third kappa shape index (κ3) is 3.51. The van der Waals surface area contributed by atoms with Gasteiger partial charge in [-0.25, -0.2) is 0 Å². The van der Waals surface area contributed by atoms with Crippen LogP contribution in [0.15, 0.2) is 30.9 Å². The number of alkyl halides is 6. The first-order chi connectivity index (χ1) is 8.16. The molecule has 0 aliphatic heterocycles. The molecule has 0 aliphatic carbocycles. The molecule has 0 aliphatic rings. The largest absolute Gasteiger partial charge is 0.416 e. The summed E-state index contributed by atoms with van der Waals surface area (Å²) in [5.74, 6) is 0. The van der Waals surface area contributed by atoms with Crippen LogP contribution in [0.2, 0.25) is 0 Å². The predicted molar refractivity (Wildman–Crippen MR) is 55.0 cm³/mol. The third-order valence-corrected chi connectivity index (χ3v) is 2.36. The van der Waals surface area contributed by atoms with Crippen LogP contribution in [0.3, 0.4) is 0 Å². The van der Waals surface area contributed by atoms with Crippen molar-refractivity contribution in [3.05, 3.63) is 47.5 Å². The summed E-state index contributed by atoms with van der Waals surface area (Å²) in [5, 5.41) is 0. The minimum absolute atomic E-state index is 0.0104. The Morgan fingerprint density at radius 1 is 1.00 bits per heavy atom. The average Bonchev–Trinajstić information content (AvgIpc) is 2.23. The van der Waals surface area contributed by atoms with E-state index in [1.54, 1.807) is 0 Å². The lowest BCUT2D eigenvalue weighted by atomic mass is 9.99. The van der Waals surface area contributed by atoms with Crippen molar-refractivity contribution in [1.82, 2.24) is 0 Å². The summed E-state index contributed by atoms with van der Waals surface area (Å²) in [5.41, 5.74) is -2.69. The molecule has 1 aromatic carbocycles. The molecule has 0 spiro atoms. The number of allylic oxidation sites excluding steroid dienone is 1. The zero-order valence-corrected chi connectivity index (χ0v) is 9.20. The van der Waals surface area contributed by atoms with Gasteiger partial charge in [0.15, 0.2) is 0 Å². The molecular weight excluding hydrogens is 258 g/mol. The van der Waals surface area contributed by atoms with E-state index < -0.39 is 23.5 Å². The van der Waals surface area contributed by atoms with Gasteiger partial charge in [0.1, 0.15) is 0 Å². The summed E-state index contributed by atoms with van der Waals surface area (Å²) >= 11 is 0. The fraction of sp³-hybridized carbons (Fsp3) is 0.333. The van der Waals surface area contributed by atoms with Crippen molar-refractivity contribution in [3.8, 4) is 0 Å². The van der Waals surface area contributed by atoms with Gasteiger partial charge < -0.3 is 0 Å². The molecule has 0 fully saturated rings. The van der Waals surface area contributed by atoms with Gasteiger partial charge in [-0.1, -0.05) is 12.1 Å². The van der Waals surface area contributed by atoms with Gasteiger partial charge in [-0.15, -0.1) is 6.58 Å². The summed E-state index contributed by atoms with van der Waals surface area (Å²) < 4.78 is 75.0. The molecule has 1 rings (SSSR count). The maximum atomic E-state index is 12.7. The van der Waals surface area contributed by atoms with Crippen LogP contribution < -0.4 is 0 Å². The standard InChI is InChI=1S/C12H10F6/c1-2-3-4-8-5-6-9(11(13,14)15)7-10(8)12(16,17)18/h2,5-7H,1,3-4H2. The Labute approximate surface area is 99.9 Å². The fourth-order valence-corrected chi connectivity index (χ4v) is 1.49. The molecule has 0 radical (unpaired) electrons. The fourth-order valence-electron chi connectivity index (χ4n) is 1.49. The molecule has 0 N–H and O–H groups in total. The molecule has 1 aromatic rings. The Morgan fingerprint density at radius 3 is 2.06 bits per heavy atom. The number of rotatable bonds is 3. The summed E-state index contributed by atoms with van der Waals surface area (Å²) in [6, 6.07) is 1.68. The zero-order chi connectivity index (χ0) is 14.0. The minimum atomic E-state index is -4.79. The molecule has 0 nitrogen and oxygen atoms in total. The molecule has 18 heavy (non-hydrogen) atoms. The van der Waals surface area contributed by atoms with Crippen molar-refractivity contribution >= 4 is 0 Å². The van der Waals surface area contributed by atoms with Crippen LogP contribution in [0.4, 0.5) is 26.3 Å². The topological polar surface area (TPSA) is 0 Å². The first kappa shape index (κ1) is 14.6. The molecule has 0 saturated heterocycles. The summed E-state index contributed by atoms with van der Waals surface area (Å²) in [7, 11) is 0. The maximum absolute atomic E-state index is 12.7. The Kier molecular flexibility index (Phi) is 4.09. The van der Waals surface area contributed by atoms with Crippen molar-refractivity contribution in [2.24, 2.45) is 0 Å². The van der Waals surface area contributed by atoms with E-state index in [-0.39, 0.29) is 24.5 Å². The van der Waals surface area contributed by atoms with Gasteiger partial charge in [-0.2, -0.15) is 26.3 Å². The van der Waals surface area contributed by atoms with E-state index in [0.717, 1.165) is 6.07 Å². The van der Waals surface area contributed by atoms with E-state index in [2.05, 4.69) is 6.58 Å². The highest BCUT2D eigenvalue weighted by Crippen LogP contribution is 2.37. The predicted octanol–water partition coefficient (Wildman–Crippen LogP) is 4.84. The van der Waals surface area contributed by atoms with E-state index in [4.69, 9.17) is 0 Å².